The summed E-state index contributed by atoms with van der Waals surface area (Å²) >= 11 is 0. The fourth-order valence-corrected chi connectivity index (χ4v) is 6.20. The zero-order valence-electron chi connectivity index (χ0n) is 21.2. The van der Waals surface area contributed by atoms with E-state index in [0.29, 0.717) is 12.8 Å². The number of carbonyl (C=O) groups excluding carboxylic acids is 2. The molecule has 0 fully saturated rings. The van der Waals surface area contributed by atoms with Gasteiger partial charge in [-0.2, -0.15) is 0 Å². The lowest BCUT2D eigenvalue weighted by Crippen LogP contribution is -2.45. The molecule has 2 aliphatic carbocycles. The number of aromatic hydroxyl groups is 1. The van der Waals surface area contributed by atoms with E-state index in [9.17, 15) is 14.7 Å². The molecule has 0 amide bonds. The van der Waals surface area contributed by atoms with E-state index in [1.807, 2.05) is 18.2 Å². The van der Waals surface area contributed by atoms with Crippen LogP contribution in [0.15, 0.2) is 77.1 Å². The highest BCUT2D eigenvalue weighted by molar-refractivity contribution is 6.06. The number of allylic oxidation sites excluding steroid dienone is 4. The third-order valence-electron chi connectivity index (χ3n) is 7.72. The molecule has 0 saturated heterocycles. The summed E-state index contributed by atoms with van der Waals surface area (Å²) in [5, 5.41) is 9.92. The summed E-state index contributed by atoms with van der Waals surface area (Å²) in [4.78, 5) is 29.9. The normalized spacial score (nSPS) is 21.8. The van der Waals surface area contributed by atoms with E-state index in [0.717, 1.165) is 53.9 Å². The molecule has 4 heteroatoms. The minimum absolute atomic E-state index is 0.132. The summed E-state index contributed by atoms with van der Waals surface area (Å²) in [7, 11) is 0. The monoisotopic (exact) mass is 469 g/mol. The lowest BCUT2D eigenvalue weighted by Gasteiger charge is -2.49. The Morgan fingerprint density at radius 2 is 1.29 bits per heavy atom. The number of hydrogen-bond acceptors (Lipinski definition) is 4. The number of ketones is 2. The maximum atomic E-state index is 13.8. The van der Waals surface area contributed by atoms with Crippen molar-refractivity contribution in [2.24, 2.45) is 10.8 Å². The summed E-state index contributed by atoms with van der Waals surface area (Å²) in [5.41, 5.74) is 5.64. The zero-order valence-corrected chi connectivity index (χ0v) is 21.2. The van der Waals surface area contributed by atoms with Crippen molar-refractivity contribution in [2.45, 2.75) is 65.7 Å². The first-order chi connectivity index (χ1) is 16.5. The first-order valence-electron chi connectivity index (χ1n) is 12.7. The molecular formula is C31H35NO3. The number of Topliss-reactive ketones (excluding diaryl/α,β-unsaturated/α-hetero) is 2. The Hall–Kier alpha value is -3.14. The number of carbonyl (C=O) groups is 2. The van der Waals surface area contributed by atoms with Crippen LogP contribution in [0.1, 0.15) is 70.4 Å². The minimum atomic E-state index is -0.360. The van der Waals surface area contributed by atoms with Gasteiger partial charge in [-0.15, -0.1) is 0 Å². The Labute approximate surface area is 208 Å². The van der Waals surface area contributed by atoms with Gasteiger partial charge in [0.1, 0.15) is 5.75 Å². The largest absolute Gasteiger partial charge is 0.508 e. The van der Waals surface area contributed by atoms with E-state index in [1.165, 1.54) is 5.56 Å². The number of benzene rings is 2. The second kappa shape index (κ2) is 8.51. The molecular weight excluding hydrogens is 434 g/mol. The molecule has 2 aromatic rings. The van der Waals surface area contributed by atoms with E-state index < -0.39 is 0 Å². The molecule has 0 saturated carbocycles. The third kappa shape index (κ3) is 4.47. The first kappa shape index (κ1) is 23.6. The Bertz CT molecular complexity index is 1180. The van der Waals surface area contributed by atoms with Gasteiger partial charge in [-0.3, -0.25) is 9.59 Å². The first-order valence-corrected chi connectivity index (χ1v) is 12.7. The fraction of sp³-hybridized carbons (Fsp3) is 0.419. The van der Waals surface area contributed by atoms with Crippen LogP contribution < -0.4 is 0 Å². The van der Waals surface area contributed by atoms with Crippen molar-refractivity contribution in [1.29, 1.82) is 0 Å². The standard InChI is InChI=1S/C31H35NO3/c1-30(2)16-23-28(25(34)18-30)27(21-10-12-22(33)13-11-21)29-24(17-31(3,4)19-26(29)35)32(23)15-14-20-8-6-5-7-9-20/h5-13,27,33H,14-19H2,1-4H3. The Balaban J connectivity index is 1.69. The topological polar surface area (TPSA) is 57.6 Å². The third-order valence-corrected chi connectivity index (χ3v) is 7.72. The van der Waals surface area contributed by atoms with Gasteiger partial charge < -0.3 is 10.0 Å². The molecule has 0 radical (unpaired) electrons. The number of phenolic OH excluding ortho intramolecular Hbond substituents is 1. The Kier molecular flexibility index (Phi) is 5.74. The highest BCUT2D eigenvalue weighted by Gasteiger charge is 2.48. The van der Waals surface area contributed by atoms with Gasteiger partial charge in [-0.25, -0.2) is 0 Å². The minimum Gasteiger partial charge on any atom is -0.508 e. The SMILES string of the molecule is CC1(C)CC(=O)C2=C(C1)N(CCc1ccccc1)C1=C(C(=O)CC(C)(C)C1)C2c1ccc(O)cc1. The van der Waals surface area contributed by atoms with Crippen molar-refractivity contribution in [3.05, 3.63) is 88.3 Å². The Morgan fingerprint density at radius 1 is 0.771 bits per heavy atom. The van der Waals surface area contributed by atoms with Crippen LogP contribution in [-0.2, 0) is 16.0 Å². The summed E-state index contributed by atoms with van der Waals surface area (Å²) in [6, 6.07) is 17.5. The molecule has 0 spiro atoms. The number of hydrogen-bond donors (Lipinski definition) is 1. The molecule has 1 N–H and O–H groups in total. The second-order valence-electron chi connectivity index (χ2n) is 12.0. The maximum absolute atomic E-state index is 13.8. The summed E-state index contributed by atoms with van der Waals surface area (Å²) in [5.74, 6) is 0.108. The summed E-state index contributed by atoms with van der Waals surface area (Å²) in [6.07, 6.45) is 3.43. The van der Waals surface area contributed by atoms with Crippen molar-refractivity contribution in [3.8, 4) is 5.75 Å². The van der Waals surface area contributed by atoms with Crippen LogP contribution >= 0.6 is 0 Å². The van der Waals surface area contributed by atoms with Crippen LogP contribution in [0.5, 0.6) is 5.75 Å². The van der Waals surface area contributed by atoms with Crippen molar-refractivity contribution in [3.63, 3.8) is 0 Å². The quantitative estimate of drug-likeness (QED) is 0.569. The maximum Gasteiger partial charge on any atom is 0.162 e. The molecule has 2 aromatic carbocycles. The van der Waals surface area contributed by atoms with Gasteiger partial charge in [0, 0.05) is 47.8 Å². The lowest BCUT2D eigenvalue weighted by atomic mass is 9.63. The number of phenols is 1. The molecule has 182 valence electrons. The van der Waals surface area contributed by atoms with Crippen molar-refractivity contribution in [1.82, 2.24) is 4.90 Å². The van der Waals surface area contributed by atoms with Crippen LogP contribution in [0.3, 0.4) is 0 Å². The highest BCUT2D eigenvalue weighted by atomic mass is 16.3. The summed E-state index contributed by atoms with van der Waals surface area (Å²) < 4.78 is 0. The van der Waals surface area contributed by atoms with Gasteiger partial charge in [0.15, 0.2) is 11.6 Å². The number of nitrogens with zero attached hydrogens (tertiary/aromatic N) is 1. The second-order valence-corrected chi connectivity index (χ2v) is 12.0. The smallest absolute Gasteiger partial charge is 0.162 e. The molecule has 35 heavy (non-hydrogen) atoms. The van der Waals surface area contributed by atoms with E-state index >= 15 is 0 Å². The van der Waals surface area contributed by atoms with Crippen molar-refractivity contribution >= 4 is 11.6 Å². The van der Waals surface area contributed by atoms with Gasteiger partial charge >= 0.3 is 0 Å². The molecule has 0 unspecified atom stereocenters. The van der Waals surface area contributed by atoms with Crippen LogP contribution in [0.2, 0.25) is 0 Å². The van der Waals surface area contributed by atoms with E-state index in [4.69, 9.17) is 0 Å². The average molecular weight is 470 g/mol. The van der Waals surface area contributed by atoms with Gasteiger partial charge in [-0.05, 0) is 53.4 Å². The molecule has 4 nitrogen and oxygen atoms in total. The van der Waals surface area contributed by atoms with Crippen LogP contribution in [0.4, 0.5) is 0 Å². The van der Waals surface area contributed by atoms with Gasteiger partial charge in [0.2, 0.25) is 0 Å². The van der Waals surface area contributed by atoms with Gasteiger partial charge in [0.25, 0.3) is 0 Å². The van der Waals surface area contributed by atoms with Gasteiger partial charge in [0.05, 0.1) is 0 Å². The fourth-order valence-electron chi connectivity index (χ4n) is 6.20. The van der Waals surface area contributed by atoms with Crippen LogP contribution in [0.25, 0.3) is 0 Å². The van der Waals surface area contributed by atoms with Crippen LogP contribution in [-0.4, -0.2) is 28.1 Å². The summed E-state index contributed by atoms with van der Waals surface area (Å²) in [6.45, 7) is 9.41. The zero-order chi connectivity index (χ0) is 25.0. The lowest BCUT2D eigenvalue weighted by molar-refractivity contribution is -0.119. The Morgan fingerprint density at radius 3 is 1.80 bits per heavy atom. The molecule has 0 bridgehead atoms. The molecule has 5 rings (SSSR count). The molecule has 0 aromatic heterocycles. The predicted octanol–water partition coefficient (Wildman–Crippen LogP) is 6.32. The van der Waals surface area contributed by atoms with Crippen molar-refractivity contribution < 1.29 is 14.7 Å². The number of rotatable bonds is 4. The van der Waals surface area contributed by atoms with E-state index in [-0.39, 0.29) is 34.1 Å². The molecule has 0 atom stereocenters. The molecule has 3 aliphatic rings. The van der Waals surface area contributed by atoms with E-state index in [2.05, 4.69) is 56.9 Å². The van der Waals surface area contributed by atoms with Crippen LogP contribution in [0, 0.1) is 10.8 Å². The van der Waals surface area contributed by atoms with Crippen molar-refractivity contribution in [2.75, 3.05) is 6.54 Å². The van der Waals surface area contributed by atoms with Gasteiger partial charge in [-0.1, -0.05) is 70.2 Å². The average Bonchev–Trinajstić information content (AvgIpc) is 2.77. The predicted molar refractivity (Wildman–Crippen MR) is 138 cm³/mol. The molecule has 1 heterocycles. The highest BCUT2D eigenvalue weighted by Crippen LogP contribution is 2.54. The van der Waals surface area contributed by atoms with E-state index in [1.54, 1.807) is 12.1 Å². The molecule has 1 aliphatic heterocycles.